The maximum Gasteiger partial charge on any atom is 0.178 e. The second-order valence-corrected chi connectivity index (χ2v) is 10.5. The Hall–Kier alpha value is -5.08. The van der Waals surface area contributed by atoms with E-state index in [1.807, 2.05) is 6.92 Å². The molecule has 6 aromatic carbocycles. The topological polar surface area (TPSA) is 26.3 Å². The molecule has 0 saturated heterocycles. The van der Waals surface area contributed by atoms with Crippen LogP contribution in [0.5, 0.6) is 0 Å². The maximum atomic E-state index is 6.70. The number of furan rings is 2. The Morgan fingerprint density at radius 2 is 1.07 bits per heavy atom. The lowest BCUT2D eigenvalue weighted by molar-refractivity contribution is 0.634. The summed E-state index contributed by atoms with van der Waals surface area (Å²) in [7, 11) is 0. The SMILES string of the molecule is C/C=C\c1ccc(-c2cccc3c2oc2c3ccc3c4cccc(-c5ccc6ccccc6c5)c4oc32)cc1C. The van der Waals surface area contributed by atoms with Gasteiger partial charge in [-0.15, -0.1) is 0 Å². The van der Waals surface area contributed by atoms with Crippen LogP contribution in [0.25, 0.3) is 83.0 Å². The number of fused-ring (bicyclic) bond motifs is 8. The lowest BCUT2D eigenvalue weighted by Crippen LogP contribution is -1.84. The highest BCUT2D eigenvalue weighted by atomic mass is 16.4. The monoisotopic (exact) mass is 514 g/mol. The van der Waals surface area contributed by atoms with E-state index in [9.17, 15) is 0 Å². The van der Waals surface area contributed by atoms with Crippen molar-refractivity contribution in [1.29, 1.82) is 0 Å². The average molecular weight is 515 g/mol. The first kappa shape index (κ1) is 22.9. The summed E-state index contributed by atoms with van der Waals surface area (Å²) < 4.78 is 13.4. The second-order valence-electron chi connectivity index (χ2n) is 10.5. The van der Waals surface area contributed by atoms with Crippen molar-refractivity contribution in [3.63, 3.8) is 0 Å². The Morgan fingerprint density at radius 1 is 0.500 bits per heavy atom. The third-order valence-corrected chi connectivity index (χ3v) is 8.12. The Labute approximate surface area is 231 Å². The minimum absolute atomic E-state index is 0.794. The van der Waals surface area contributed by atoms with Crippen LogP contribution >= 0.6 is 0 Å². The summed E-state index contributed by atoms with van der Waals surface area (Å²) in [6, 6.07) is 38.8. The molecule has 0 fully saturated rings. The molecule has 0 radical (unpaired) electrons. The summed E-state index contributed by atoms with van der Waals surface area (Å²) in [5.74, 6) is 0. The summed E-state index contributed by atoms with van der Waals surface area (Å²) >= 11 is 0. The maximum absolute atomic E-state index is 6.70. The predicted molar refractivity (Wildman–Crippen MR) is 169 cm³/mol. The van der Waals surface area contributed by atoms with E-state index in [1.165, 1.54) is 21.9 Å². The fraction of sp³-hybridized carbons (Fsp3) is 0.0526. The lowest BCUT2D eigenvalue weighted by atomic mass is 9.98. The van der Waals surface area contributed by atoms with Crippen LogP contribution in [0, 0.1) is 6.92 Å². The fourth-order valence-corrected chi connectivity index (χ4v) is 6.13. The number of aryl methyl sites for hydroxylation is 1. The van der Waals surface area contributed by atoms with E-state index in [0.717, 1.165) is 66.1 Å². The minimum Gasteiger partial charge on any atom is -0.451 e. The summed E-state index contributed by atoms with van der Waals surface area (Å²) in [4.78, 5) is 0. The molecule has 8 aromatic rings. The highest BCUT2D eigenvalue weighted by Crippen LogP contribution is 2.43. The zero-order valence-corrected chi connectivity index (χ0v) is 22.4. The molecule has 2 heterocycles. The first-order chi connectivity index (χ1) is 19.7. The van der Waals surface area contributed by atoms with E-state index in [4.69, 9.17) is 8.83 Å². The molecule has 0 aliphatic carbocycles. The summed E-state index contributed by atoms with van der Waals surface area (Å²) in [6.07, 6.45) is 4.22. The molecule has 0 amide bonds. The van der Waals surface area contributed by atoms with Crippen LogP contribution < -0.4 is 0 Å². The first-order valence-electron chi connectivity index (χ1n) is 13.7. The third-order valence-electron chi connectivity index (χ3n) is 8.12. The fourth-order valence-electron chi connectivity index (χ4n) is 6.13. The Kier molecular flexibility index (Phi) is 4.99. The second kappa shape index (κ2) is 8.72. The minimum atomic E-state index is 0.794. The van der Waals surface area contributed by atoms with Crippen LogP contribution in [0.3, 0.4) is 0 Å². The normalized spacial score (nSPS) is 12.2. The van der Waals surface area contributed by atoms with Gasteiger partial charge in [-0.2, -0.15) is 0 Å². The summed E-state index contributed by atoms with van der Waals surface area (Å²) in [6.45, 7) is 4.20. The van der Waals surface area contributed by atoms with E-state index >= 15 is 0 Å². The third kappa shape index (κ3) is 3.36. The zero-order chi connectivity index (χ0) is 26.8. The van der Waals surface area contributed by atoms with Crippen molar-refractivity contribution in [2.24, 2.45) is 0 Å². The Bertz CT molecular complexity index is 2290. The van der Waals surface area contributed by atoms with E-state index in [2.05, 4.69) is 128 Å². The zero-order valence-electron chi connectivity index (χ0n) is 22.4. The van der Waals surface area contributed by atoms with E-state index in [-0.39, 0.29) is 0 Å². The van der Waals surface area contributed by atoms with Gasteiger partial charge >= 0.3 is 0 Å². The van der Waals surface area contributed by atoms with E-state index in [0.29, 0.717) is 0 Å². The molecule has 8 rings (SSSR count). The molecule has 0 unspecified atom stereocenters. The molecule has 0 aliphatic heterocycles. The number of para-hydroxylation sites is 2. The van der Waals surface area contributed by atoms with Crippen LogP contribution in [-0.2, 0) is 0 Å². The molecule has 0 saturated carbocycles. The molecule has 40 heavy (non-hydrogen) atoms. The largest absolute Gasteiger partial charge is 0.451 e. The molecule has 0 bridgehead atoms. The molecular weight excluding hydrogens is 488 g/mol. The molecule has 0 aliphatic rings. The summed E-state index contributed by atoms with van der Waals surface area (Å²) in [5.41, 5.74) is 10.3. The van der Waals surface area contributed by atoms with Gasteiger partial charge in [-0.1, -0.05) is 103 Å². The number of hydrogen-bond acceptors (Lipinski definition) is 2. The summed E-state index contributed by atoms with van der Waals surface area (Å²) in [5, 5.41) is 6.78. The standard InChI is InChI=1S/C38H26O2/c1-3-8-24-15-17-27(21-23(24)2)29-11-6-13-31-33-19-20-34-32-14-7-12-30(36(32)40-38(34)37(33)39-35(29)31)28-18-16-25-9-4-5-10-26(25)22-28/h3-22H,1-2H3/b8-3-. The molecule has 2 aromatic heterocycles. The van der Waals surface area contributed by atoms with E-state index < -0.39 is 0 Å². The van der Waals surface area contributed by atoms with Gasteiger partial charge in [-0.25, -0.2) is 0 Å². The Morgan fingerprint density at radius 3 is 1.70 bits per heavy atom. The number of allylic oxidation sites excluding steroid dienone is 1. The first-order valence-corrected chi connectivity index (χ1v) is 13.7. The van der Waals surface area contributed by atoms with Gasteiger partial charge in [0.1, 0.15) is 11.2 Å². The van der Waals surface area contributed by atoms with Crippen LogP contribution in [-0.4, -0.2) is 0 Å². The Balaban J connectivity index is 1.36. The van der Waals surface area contributed by atoms with Crippen LogP contribution in [0.2, 0.25) is 0 Å². The molecule has 190 valence electrons. The van der Waals surface area contributed by atoms with Crippen molar-refractivity contribution in [3.05, 3.63) is 126 Å². The molecule has 0 N–H and O–H groups in total. The molecule has 2 heteroatoms. The van der Waals surface area contributed by atoms with Crippen molar-refractivity contribution in [1.82, 2.24) is 0 Å². The van der Waals surface area contributed by atoms with Gasteiger partial charge in [0.2, 0.25) is 0 Å². The quantitative estimate of drug-likeness (QED) is 0.234. The van der Waals surface area contributed by atoms with Gasteiger partial charge < -0.3 is 8.83 Å². The van der Waals surface area contributed by atoms with Gasteiger partial charge in [0.15, 0.2) is 11.2 Å². The molecule has 0 atom stereocenters. The predicted octanol–water partition coefficient (Wildman–Crippen LogP) is 11.3. The van der Waals surface area contributed by atoms with Gasteiger partial charge in [-0.3, -0.25) is 0 Å². The van der Waals surface area contributed by atoms with Crippen molar-refractivity contribution < 1.29 is 8.83 Å². The van der Waals surface area contributed by atoms with E-state index in [1.54, 1.807) is 0 Å². The van der Waals surface area contributed by atoms with Gasteiger partial charge in [0, 0.05) is 32.7 Å². The van der Waals surface area contributed by atoms with Crippen molar-refractivity contribution >= 4 is 60.7 Å². The van der Waals surface area contributed by atoms with Crippen LogP contribution in [0.15, 0.2) is 124 Å². The highest BCUT2D eigenvalue weighted by Gasteiger charge is 2.19. The molecule has 0 spiro atoms. The van der Waals surface area contributed by atoms with Crippen molar-refractivity contribution in [2.45, 2.75) is 13.8 Å². The van der Waals surface area contributed by atoms with Gasteiger partial charge in [0.05, 0.1) is 0 Å². The average Bonchev–Trinajstić information content (AvgIpc) is 3.57. The highest BCUT2D eigenvalue weighted by molar-refractivity contribution is 6.21. The number of rotatable bonds is 3. The van der Waals surface area contributed by atoms with Crippen LogP contribution in [0.4, 0.5) is 0 Å². The molecular formula is C38H26O2. The van der Waals surface area contributed by atoms with Crippen LogP contribution in [0.1, 0.15) is 18.1 Å². The smallest absolute Gasteiger partial charge is 0.178 e. The van der Waals surface area contributed by atoms with Gasteiger partial charge in [0.25, 0.3) is 0 Å². The van der Waals surface area contributed by atoms with Crippen molar-refractivity contribution in [2.75, 3.05) is 0 Å². The lowest BCUT2D eigenvalue weighted by Gasteiger charge is -2.06. The number of hydrogen-bond donors (Lipinski definition) is 0. The van der Waals surface area contributed by atoms with Crippen molar-refractivity contribution in [3.8, 4) is 22.3 Å². The number of benzene rings is 6. The van der Waals surface area contributed by atoms with Gasteiger partial charge in [-0.05, 0) is 65.1 Å². The molecule has 2 nitrogen and oxygen atoms in total.